The third-order valence-corrected chi connectivity index (χ3v) is 4.27. The predicted octanol–water partition coefficient (Wildman–Crippen LogP) is 4.97. The number of hydrogen-bond acceptors (Lipinski definition) is 4. The number of ether oxygens (including phenoxy) is 1. The molecule has 27 heavy (non-hydrogen) atoms. The molecule has 0 radical (unpaired) electrons. The molecule has 5 nitrogen and oxygen atoms in total. The number of carbonyl (C=O) groups is 1. The molecule has 2 aromatic carbocycles. The fraction of sp³-hybridized carbons (Fsp3) is 0.0909. The van der Waals surface area contributed by atoms with Gasteiger partial charge < -0.3 is 14.5 Å². The molecule has 0 aliphatic heterocycles. The van der Waals surface area contributed by atoms with Gasteiger partial charge in [0.05, 0.1) is 0 Å². The van der Waals surface area contributed by atoms with Crippen LogP contribution in [0.15, 0.2) is 77.3 Å². The van der Waals surface area contributed by atoms with E-state index in [1.807, 2.05) is 73.7 Å². The summed E-state index contributed by atoms with van der Waals surface area (Å²) in [5.74, 6) is 1.13. The van der Waals surface area contributed by atoms with Crippen molar-refractivity contribution in [2.45, 2.75) is 13.5 Å². The van der Waals surface area contributed by atoms with E-state index in [1.165, 1.54) is 0 Å². The van der Waals surface area contributed by atoms with Gasteiger partial charge in [0.2, 0.25) is 0 Å². The summed E-state index contributed by atoms with van der Waals surface area (Å²) in [6.45, 7) is 2.12. The first kappa shape index (κ1) is 16.8. The van der Waals surface area contributed by atoms with Gasteiger partial charge in [0, 0.05) is 17.1 Å². The van der Waals surface area contributed by atoms with Gasteiger partial charge in [0.25, 0.3) is 5.91 Å². The van der Waals surface area contributed by atoms with Crippen LogP contribution in [0.3, 0.4) is 0 Å². The molecule has 2 heterocycles. The number of carbonyl (C=O) groups excluding carboxylic acids is 1. The molecule has 0 unspecified atom stereocenters. The zero-order valence-electron chi connectivity index (χ0n) is 14.8. The number of fused-ring (bicyclic) bond motifs is 1. The van der Waals surface area contributed by atoms with Crippen LogP contribution in [0.2, 0.25) is 0 Å². The summed E-state index contributed by atoms with van der Waals surface area (Å²) >= 11 is 0. The van der Waals surface area contributed by atoms with E-state index in [0.717, 1.165) is 16.7 Å². The van der Waals surface area contributed by atoms with Crippen LogP contribution in [0.1, 0.15) is 21.7 Å². The minimum absolute atomic E-state index is 0.227. The van der Waals surface area contributed by atoms with Crippen molar-refractivity contribution >= 4 is 22.7 Å². The molecular weight excluding hydrogens is 340 g/mol. The summed E-state index contributed by atoms with van der Waals surface area (Å²) in [7, 11) is 0. The van der Waals surface area contributed by atoms with Gasteiger partial charge in [-0.05, 0) is 36.8 Å². The Hall–Kier alpha value is -3.60. The highest BCUT2D eigenvalue weighted by molar-refractivity contribution is 6.06. The standard InChI is InChI=1S/C22H18N2O3/c1-15-8-7-13-23-21(15)24-22(25)20-18(14-26-16-9-3-2-4-10-16)17-11-5-6-12-19(17)27-20/h2-13H,14H2,1H3,(H,23,24,25). The maximum atomic E-state index is 12.9. The average molecular weight is 358 g/mol. The third-order valence-electron chi connectivity index (χ3n) is 4.27. The number of rotatable bonds is 5. The molecule has 0 atom stereocenters. The van der Waals surface area contributed by atoms with Gasteiger partial charge in [0.15, 0.2) is 5.76 Å². The maximum Gasteiger partial charge on any atom is 0.293 e. The first-order valence-electron chi connectivity index (χ1n) is 8.63. The Labute approximate surface area is 156 Å². The maximum absolute atomic E-state index is 12.9. The molecule has 0 aliphatic rings. The number of pyridine rings is 1. The number of aryl methyl sites for hydroxylation is 1. The molecule has 0 saturated heterocycles. The quantitative estimate of drug-likeness (QED) is 0.547. The number of hydrogen-bond donors (Lipinski definition) is 1. The largest absolute Gasteiger partial charge is 0.489 e. The molecule has 1 amide bonds. The first-order valence-corrected chi connectivity index (χ1v) is 8.63. The Kier molecular flexibility index (Phi) is 4.58. The second kappa shape index (κ2) is 7.33. The zero-order valence-corrected chi connectivity index (χ0v) is 14.8. The van der Waals surface area contributed by atoms with E-state index in [0.29, 0.717) is 17.0 Å². The lowest BCUT2D eigenvalue weighted by Gasteiger charge is -2.08. The molecule has 0 fully saturated rings. The van der Waals surface area contributed by atoms with Crippen LogP contribution >= 0.6 is 0 Å². The predicted molar refractivity (Wildman–Crippen MR) is 104 cm³/mol. The SMILES string of the molecule is Cc1cccnc1NC(=O)c1oc2ccccc2c1COc1ccccc1. The summed E-state index contributed by atoms with van der Waals surface area (Å²) in [5.41, 5.74) is 2.23. The monoisotopic (exact) mass is 358 g/mol. The summed E-state index contributed by atoms with van der Waals surface area (Å²) < 4.78 is 11.7. The number of amides is 1. The van der Waals surface area contributed by atoms with E-state index in [1.54, 1.807) is 6.20 Å². The molecule has 134 valence electrons. The zero-order chi connectivity index (χ0) is 18.6. The Morgan fingerprint density at radius 1 is 1.04 bits per heavy atom. The topological polar surface area (TPSA) is 64.4 Å². The van der Waals surface area contributed by atoms with Crippen LogP contribution in [0.25, 0.3) is 11.0 Å². The van der Waals surface area contributed by atoms with Crippen LogP contribution < -0.4 is 10.1 Å². The minimum atomic E-state index is -0.348. The van der Waals surface area contributed by atoms with E-state index in [2.05, 4.69) is 10.3 Å². The fourth-order valence-corrected chi connectivity index (χ4v) is 2.88. The number of anilines is 1. The van der Waals surface area contributed by atoms with Gasteiger partial charge in [-0.15, -0.1) is 0 Å². The van der Waals surface area contributed by atoms with Crippen LogP contribution in [-0.4, -0.2) is 10.9 Å². The third kappa shape index (κ3) is 3.53. The summed E-state index contributed by atoms with van der Waals surface area (Å²) in [5, 5.41) is 3.68. The molecular formula is C22H18N2O3. The van der Waals surface area contributed by atoms with Gasteiger partial charge in [-0.1, -0.05) is 42.5 Å². The van der Waals surface area contributed by atoms with Crippen molar-refractivity contribution in [2.24, 2.45) is 0 Å². The normalized spacial score (nSPS) is 10.7. The smallest absolute Gasteiger partial charge is 0.293 e. The summed E-state index contributed by atoms with van der Waals surface area (Å²) in [6.07, 6.45) is 1.64. The Morgan fingerprint density at radius 2 is 1.81 bits per heavy atom. The Morgan fingerprint density at radius 3 is 2.63 bits per heavy atom. The van der Waals surface area contributed by atoms with Crippen molar-refractivity contribution < 1.29 is 13.9 Å². The molecule has 4 aromatic rings. The van der Waals surface area contributed by atoms with Crippen molar-refractivity contribution in [1.82, 2.24) is 4.98 Å². The number of aromatic nitrogens is 1. The molecule has 5 heteroatoms. The highest BCUT2D eigenvalue weighted by Crippen LogP contribution is 2.28. The van der Waals surface area contributed by atoms with E-state index < -0.39 is 0 Å². The lowest BCUT2D eigenvalue weighted by Crippen LogP contribution is -2.15. The molecule has 1 N–H and O–H groups in total. The number of nitrogens with one attached hydrogen (secondary N) is 1. The van der Waals surface area contributed by atoms with Crippen molar-refractivity contribution in [3.63, 3.8) is 0 Å². The van der Waals surface area contributed by atoms with Gasteiger partial charge in [-0.3, -0.25) is 4.79 Å². The van der Waals surface area contributed by atoms with Gasteiger partial charge in [-0.2, -0.15) is 0 Å². The molecule has 0 saturated carbocycles. The van der Waals surface area contributed by atoms with E-state index in [-0.39, 0.29) is 18.3 Å². The molecule has 2 aromatic heterocycles. The van der Waals surface area contributed by atoms with Crippen LogP contribution in [0, 0.1) is 6.92 Å². The van der Waals surface area contributed by atoms with Crippen molar-refractivity contribution in [3.8, 4) is 5.75 Å². The van der Waals surface area contributed by atoms with E-state index in [9.17, 15) is 4.79 Å². The van der Waals surface area contributed by atoms with Crippen molar-refractivity contribution in [3.05, 3.63) is 89.8 Å². The second-order valence-electron chi connectivity index (χ2n) is 6.13. The fourth-order valence-electron chi connectivity index (χ4n) is 2.88. The summed E-state index contributed by atoms with van der Waals surface area (Å²) in [6, 6.07) is 20.7. The van der Waals surface area contributed by atoms with E-state index >= 15 is 0 Å². The van der Waals surface area contributed by atoms with Crippen LogP contribution in [-0.2, 0) is 6.61 Å². The Bertz CT molecular complexity index is 1090. The first-order chi connectivity index (χ1) is 13.2. The number of furan rings is 1. The van der Waals surface area contributed by atoms with Crippen molar-refractivity contribution in [1.29, 1.82) is 0 Å². The summed E-state index contributed by atoms with van der Waals surface area (Å²) in [4.78, 5) is 17.1. The van der Waals surface area contributed by atoms with Gasteiger partial charge >= 0.3 is 0 Å². The van der Waals surface area contributed by atoms with Crippen LogP contribution in [0.4, 0.5) is 5.82 Å². The van der Waals surface area contributed by atoms with Crippen molar-refractivity contribution in [2.75, 3.05) is 5.32 Å². The van der Waals surface area contributed by atoms with E-state index in [4.69, 9.17) is 9.15 Å². The number of para-hydroxylation sites is 2. The minimum Gasteiger partial charge on any atom is -0.489 e. The molecule has 0 spiro atoms. The molecule has 0 bridgehead atoms. The lowest BCUT2D eigenvalue weighted by molar-refractivity contribution is 0.0995. The highest BCUT2D eigenvalue weighted by atomic mass is 16.5. The molecule has 0 aliphatic carbocycles. The van der Waals surface area contributed by atoms with Crippen LogP contribution in [0.5, 0.6) is 5.75 Å². The lowest BCUT2D eigenvalue weighted by atomic mass is 10.1. The Balaban J connectivity index is 1.67. The highest BCUT2D eigenvalue weighted by Gasteiger charge is 2.21. The second-order valence-corrected chi connectivity index (χ2v) is 6.13. The molecule has 4 rings (SSSR count). The van der Waals surface area contributed by atoms with Gasteiger partial charge in [-0.25, -0.2) is 4.98 Å². The average Bonchev–Trinajstić information content (AvgIpc) is 3.08. The number of nitrogens with zero attached hydrogens (tertiary/aromatic N) is 1. The van der Waals surface area contributed by atoms with Gasteiger partial charge in [0.1, 0.15) is 23.8 Å². The number of benzene rings is 2.